The number of hydrogen-bond acceptors (Lipinski definition) is 1. The van der Waals surface area contributed by atoms with Crippen molar-refractivity contribution >= 4 is 0 Å². The molecule has 0 amide bonds. The van der Waals surface area contributed by atoms with Crippen LogP contribution in [0.4, 0.5) is 0 Å². The van der Waals surface area contributed by atoms with Crippen molar-refractivity contribution in [2.75, 3.05) is 0 Å². The highest BCUT2D eigenvalue weighted by molar-refractivity contribution is 5.57. The Kier molecular flexibility index (Phi) is 2.05. The Hall–Kier alpha value is -1.76. The van der Waals surface area contributed by atoms with E-state index in [1.54, 1.807) is 0 Å². The van der Waals surface area contributed by atoms with Crippen molar-refractivity contribution in [3.05, 3.63) is 59.7 Å². The Balaban J connectivity index is 2.01. The molecule has 1 saturated carbocycles. The van der Waals surface area contributed by atoms with Crippen molar-refractivity contribution < 1.29 is 4.74 Å². The van der Waals surface area contributed by atoms with Crippen molar-refractivity contribution in [1.29, 1.82) is 0 Å². The molecule has 0 atom stereocenters. The van der Waals surface area contributed by atoms with Gasteiger partial charge >= 0.3 is 0 Å². The Morgan fingerprint density at radius 1 is 0.722 bits per heavy atom. The van der Waals surface area contributed by atoms with Crippen LogP contribution in [0.15, 0.2) is 48.5 Å². The standard InChI is InChI=1S/C17H16O/c1-3-9-15-13(7-1)17(11-5-6-12-17)14-8-2-4-10-16(14)18-15/h1-4,7-10H,5-6,11-12H2. The zero-order valence-electron chi connectivity index (χ0n) is 10.4. The molecule has 0 radical (unpaired) electrons. The Morgan fingerprint density at radius 3 is 1.78 bits per heavy atom. The summed E-state index contributed by atoms with van der Waals surface area (Å²) >= 11 is 0. The number of para-hydroxylation sites is 2. The van der Waals surface area contributed by atoms with Crippen LogP contribution in [0.25, 0.3) is 0 Å². The van der Waals surface area contributed by atoms with Crippen molar-refractivity contribution in [1.82, 2.24) is 0 Å². The summed E-state index contributed by atoms with van der Waals surface area (Å²) in [5, 5.41) is 0. The lowest BCUT2D eigenvalue weighted by Gasteiger charge is -2.37. The minimum atomic E-state index is 0.214. The van der Waals surface area contributed by atoms with Gasteiger partial charge < -0.3 is 4.74 Å². The normalized spacial score (nSPS) is 19.1. The first-order valence-electron chi connectivity index (χ1n) is 6.77. The molecular weight excluding hydrogens is 220 g/mol. The maximum atomic E-state index is 6.06. The highest BCUT2D eigenvalue weighted by atomic mass is 16.5. The molecule has 0 aromatic heterocycles. The molecule has 2 aromatic carbocycles. The van der Waals surface area contributed by atoms with Crippen LogP contribution >= 0.6 is 0 Å². The van der Waals surface area contributed by atoms with E-state index in [0.717, 1.165) is 11.5 Å². The van der Waals surface area contributed by atoms with E-state index in [0.29, 0.717) is 0 Å². The van der Waals surface area contributed by atoms with Crippen LogP contribution in [0, 0.1) is 0 Å². The molecule has 1 heterocycles. The first-order chi connectivity index (χ1) is 8.90. The second kappa shape index (κ2) is 3.61. The van der Waals surface area contributed by atoms with Gasteiger partial charge in [-0.15, -0.1) is 0 Å². The summed E-state index contributed by atoms with van der Waals surface area (Å²) in [4.78, 5) is 0. The molecule has 0 N–H and O–H groups in total. The average Bonchev–Trinajstić information content (AvgIpc) is 2.90. The van der Waals surface area contributed by atoms with Crippen molar-refractivity contribution in [2.24, 2.45) is 0 Å². The van der Waals surface area contributed by atoms with E-state index in [9.17, 15) is 0 Å². The van der Waals surface area contributed by atoms with E-state index in [1.165, 1.54) is 36.8 Å². The van der Waals surface area contributed by atoms with Crippen LogP contribution in [0.3, 0.4) is 0 Å². The molecule has 0 saturated heterocycles. The van der Waals surface area contributed by atoms with Crippen molar-refractivity contribution in [3.8, 4) is 11.5 Å². The van der Waals surface area contributed by atoms with Crippen molar-refractivity contribution in [2.45, 2.75) is 31.1 Å². The lowest BCUT2D eigenvalue weighted by Crippen LogP contribution is -2.27. The molecule has 1 heteroatoms. The molecule has 1 fully saturated rings. The second-order valence-corrected chi connectivity index (χ2v) is 5.38. The zero-order valence-corrected chi connectivity index (χ0v) is 10.4. The SMILES string of the molecule is c1ccc2c(c1)Oc1ccccc1C21CCCC1. The van der Waals surface area contributed by atoms with Gasteiger partial charge in [0, 0.05) is 16.5 Å². The summed E-state index contributed by atoms with van der Waals surface area (Å²) in [6.07, 6.45) is 5.15. The van der Waals surface area contributed by atoms with Gasteiger partial charge in [0.25, 0.3) is 0 Å². The number of rotatable bonds is 0. The van der Waals surface area contributed by atoms with Crippen LogP contribution in [0.2, 0.25) is 0 Å². The van der Waals surface area contributed by atoms with E-state index in [2.05, 4.69) is 48.5 Å². The number of benzene rings is 2. The highest BCUT2D eigenvalue weighted by Crippen LogP contribution is 2.55. The van der Waals surface area contributed by atoms with Gasteiger partial charge in [0.05, 0.1) is 0 Å². The van der Waals surface area contributed by atoms with Gasteiger partial charge in [-0.05, 0) is 25.0 Å². The number of ether oxygens (including phenoxy) is 1. The van der Waals surface area contributed by atoms with E-state index in [1.807, 2.05) is 0 Å². The molecular formula is C17H16O. The quantitative estimate of drug-likeness (QED) is 0.646. The zero-order chi connectivity index (χ0) is 12.0. The summed E-state index contributed by atoms with van der Waals surface area (Å²) in [5.41, 5.74) is 2.99. The summed E-state index contributed by atoms with van der Waals surface area (Å²) in [6.45, 7) is 0. The van der Waals surface area contributed by atoms with Crippen LogP contribution in [-0.2, 0) is 5.41 Å². The fourth-order valence-electron chi connectivity index (χ4n) is 3.68. The molecule has 2 aliphatic rings. The van der Waals surface area contributed by atoms with E-state index >= 15 is 0 Å². The summed E-state index contributed by atoms with van der Waals surface area (Å²) in [5.74, 6) is 2.11. The molecule has 2 aromatic rings. The van der Waals surface area contributed by atoms with Crippen LogP contribution < -0.4 is 4.74 Å². The van der Waals surface area contributed by atoms with Gasteiger partial charge in [-0.25, -0.2) is 0 Å². The van der Waals surface area contributed by atoms with Crippen LogP contribution in [0.5, 0.6) is 11.5 Å². The number of fused-ring (bicyclic) bond motifs is 4. The van der Waals surface area contributed by atoms with Gasteiger partial charge in [0.15, 0.2) is 0 Å². The molecule has 1 aliphatic carbocycles. The fourth-order valence-corrected chi connectivity index (χ4v) is 3.68. The lowest BCUT2D eigenvalue weighted by atomic mass is 9.71. The largest absolute Gasteiger partial charge is 0.457 e. The predicted octanol–water partition coefficient (Wildman–Crippen LogP) is 4.65. The molecule has 90 valence electrons. The predicted molar refractivity (Wildman–Crippen MR) is 72.2 cm³/mol. The van der Waals surface area contributed by atoms with E-state index in [-0.39, 0.29) is 5.41 Å². The molecule has 1 spiro atoms. The maximum absolute atomic E-state index is 6.06. The molecule has 1 nitrogen and oxygen atoms in total. The van der Waals surface area contributed by atoms with E-state index in [4.69, 9.17) is 4.74 Å². The third-order valence-electron chi connectivity index (χ3n) is 4.48. The Morgan fingerprint density at radius 2 is 1.22 bits per heavy atom. The summed E-state index contributed by atoms with van der Waals surface area (Å²) in [7, 11) is 0. The minimum absolute atomic E-state index is 0.214. The Bertz CT molecular complexity index is 547. The van der Waals surface area contributed by atoms with Crippen molar-refractivity contribution in [3.63, 3.8) is 0 Å². The van der Waals surface area contributed by atoms with Gasteiger partial charge in [-0.1, -0.05) is 49.2 Å². The third-order valence-corrected chi connectivity index (χ3v) is 4.48. The molecule has 4 rings (SSSR count). The first-order valence-corrected chi connectivity index (χ1v) is 6.77. The van der Waals surface area contributed by atoms with Gasteiger partial charge in [0.2, 0.25) is 0 Å². The summed E-state index contributed by atoms with van der Waals surface area (Å²) in [6, 6.07) is 17.1. The minimum Gasteiger partial charge on any atom is -0.457 e. The van der Waals surface area contributed by atoms with Gasteiger partial charge in [0.1, 0.15) is 11.5 Å². The first kappa shape index (κ1) is 10.2. The summed E-state index contributed by atoms with van der Waals surface area (Å²) < 4.78 is 6.06. The molecule has 1 aliphatic heterocycles. The fraction of sp³-hybridized carbons (Fsp3) is 0.294. The topological polar surface area (TPSA) is 9.23 Å². The van der Waals surface area contributed by atoms with Gasteiger partial charge in [-0.3, -0.25) is 0 Å². The van der Waals surface area contributed by atoms with Gasteiger partial charge in [-0.2, -0.15) is 0 Å². The molecule has 0 unspecified atom stereocenters. The number of hydrogen-bond donors (Lipinski definition) is 0. The monoisotopic (exact) mass is 236 g/mol. The molecule has 0 bridgehead atoms. The lowest BCUT2D eigenvalue weighted by molar-refractivity contribution is 0.394. The second-order valence-electron chi connectivity index (χ2n) is 5.38. The maximum Gasteiger partial charge on any atom is 0.131 e. The van der Waals surface area contributed by atoms with Crippen LogP contribution in [0.1, 0.15) is 36.8 Å². The Labute approximate surface area is 107 Å². The smallest absolute Gasteiger partial charge is 0.131 e. The highest BCUT2D eigenvalue weighted by Gasteiger charge is 2.43. The average molecular weight is 236 g/mol. The van der Waals surface area contributed by atoms with E-state index < -0.39 is 0 Å². The third kappa shape index (κ3) is 1.22. The van der Waals surface area contributed by atoms with Crippen LogP contribution in [-0.4, -0.2) is 0 Å². The molecule has 18 heavy (non-hydrogen) atoms.